The lowest BCUT2D eigenvalue weighted by Crippen LogP contribution is -2.45. The quantitative estimate of drug-likeness (QED) is 0.0850. The fourth-order valence-corrected chi connectivity index (χ4v) is 15.2. The summed E-state index contributed by atoms with van der Waals surface area (Å²) < 4.78 is 57.6. The third-order valence-corrected chi connectivity index (χ3v) is 21.4. The number of fused-ring (bicyclic) bond motifs is 12. The number of hydrogen-bond donors (Lipinski definition) is 5. The van der Waals surface area contributed by atoms with Gasteiger partial charge in [0.15, 0.2) is 79.8 Å². The largest absolute Gasteiger partial charge is 0.461 e. The topological polar surface area (TPSA) is 488 Å². The Bertz CT molecular complexity index is 6080. The SMILES string of the molecule is C1CC2(CCN1)OCCO2.CCCn1ncc2c1nc(N)n1nc(-c3ccco3)nc21.CN=C1CCN(CCn2ncc3c2nc(N)n2nc(-c4ccco4)nc32)CC1.Nc1nc2c(cnn2CCN2CCC(=O)CC2)c2nc(-c3ccco3)nn12.Nc1nc2c(cnn2CCN2CCC3(CC2)OCCO3)c2nc(-c3ccco3)nn12. The second kappa shape index (κ2) is 32.4. The summed E-state index contributed by atoms with van der Waals surface area (Å²) in [5.74, 6) is 5.05. The summed E-state index contributed by atoms with van der Waals surface area (Å²) in [5.41, 5.74) is 31.0. The third-order valence-electron chi connectivity index (χ3n) is 21.4. The van der Waals surface area contributed by atoms with Crippen molar-refractivity contribution in [1.29, 1.82) is 0 Å². The summed E-state index contributed by atoms with van der Waals surface area (Å²) in [6, 6.07) is 14.4. The molecule has 6 saturated heterocycles. The van der Waals surface area contributed by atoms with Crippen molar-refractivity contribution in [3.63, 3.8) is 0 Å². The highest BCUT2D eigenvalue weighted by atomic mass is 16.7. The van der Waals surface area contributed by atoms with Crippen molar-refractivity contribution in [1.82, 2.24) is 137 Å². The first-order valence-electron chi connectivity index (χ1n) is 38.9. The van der Waals surface area contributed by atoms with E-state index in [4.69, 9.17) is 59.6 Å². The van der Waals surface area contributed by atoms with Gasteiger partial charge in [-0.15, -0.1) is 20.4 Å². The van der Waals surface area contributed by atoms with Gasteiger partial charge in [0.25, 0.3) is 0 Å². The first-order chi connectivity index (χ1) is 56.8. The summed E-state index contributed by atoms with van der Waals surface area (Å²) in [7, 11) is 1.87. The van der Waals surface area contributed by atoms with Crippen molar-refractivity contribution >= 4 is 102 Å². The molecular formula is C74H87N33O9. The average Bonchev–Trinajstić information content (AvgIpc) is 1.62. The molecule has 2 spiro atoms. The number of ether oxygens (including phenoxy) is 4. The number of furan rings is 4. The molecule has 116 heavy (non-hydrogen) atoms. The van der Waals surface area contributed by atoms with Gasteiger partial charge in [-0.3, -0.25) is 9.79 Å². The maximum Gasteiger partial charge on any atom is 0.225 e. The van der Waals surface area contributed by atoms with Gasteiger partial charge in [-0.2, -0.15) is 58.4 Å². The van der Waals surface area contributed by atoms with Crippen molar-refractivity contribution in [2.75, 3.05) is 128 Å². The lowest BCUT2D eigenvalue weighted by Gasteiger charge is -2.37. The van der Waals surface area contributed by atoms with Gasteiger partial charge in [0, 0.05) is 130 Å². The zero-order valence-electron chi connectivity index (χ0n) is 64.0. The standard InChI is InChI=1S/C19H22N8O3.C18H21N9O.C17H18N8O2.C13H13N7O.C7H13NO2/c20-18-23-16-13(17-22-15(24-27(17)18)14-2-1-9-28-14)12-21-26(16)8-7-25-5-3-19(4-6-25)29-10-11-30-19;1-20-12-4-6-25(7-5-12)8-9-26-16-13(11-21-26)17-22-15(14-3-2-10-28-14)24-27(17)18(19)23-16;18-17-21-15-12(16-20-14(22-25(16)17)13-2-1-9-27-13)10-19-24(15)8-7-23-5-3-11(26)4-6-23;1-2-5-19-11-8(7-15-19)12-16-10(9-4-3-6-21-9)18-20(12)13(14)17-11;1-3-8-4-2-7(1)9-5-6-10-7/h1-2,9,12H,3-8,10-11H2,(H2,20,23);2-3,10-11H,4-9H2,1H3,(H2,19,23);1-2,9-10H,3-8H2,(H2,18,21);3-4,6-7H,2,5H2,1H3,(H2,14,17);8H,1-6H2. The molecule has 42 heteroatoms. The van der Waals surface area contributed by atoms with Gasteiger partial charge < -0.3 is 79.6 Å². The third kappa shape index (κ3) is 15.2. The van der Waals surface area contributed by atoms with Crippen LogP contribution in [0.25, 0.3) is 113 Å². The van der Waals surface area contributed by atoms with Crippen LogP contribution < -0.4 is 28.3 Å². The van der Waals surface area contributed by atoms with E-state index >= 15 is 0 Å². The number of likely N-dealkylation sites (tertiary alicyclic amines) is 3. The van der Waals surface area contributed by atoms with Crippen molar-refractivity contribution < 1.29 is 41.4 Å². The minimum atomic E-state index is -0.351. The molecule has 0 aromatic carbocycles. The fraction of sp³-hybridized carbons (Fsp3) is 0.432. The zero-order chi connectivity index (χ0) is 78.9. The normalized spacial score (nSPS) is 17.3. The Morgan fingerprint density at radius 2 is 0.707 bits per heavy atom. The van der Waals surface area contributed by atoms with E-state index < -0.39 is 0 Å². The smallest absolute Gasteiger partial charge is 0.225 e. The minimum absolute atomic E-state index is 0.189. The van der Waals surface area contributed by atoms with Crippen LogP contribution >= 0.6 is 0 Å². The number of nitrogens with one attached hydrogen (secondary N) is 1. The highest BCUT2D eigenvalue weighted by molar-refractivity contribution is 5.93. The number of nitrogens with two attached hydrogens (primary N) is 4. The summed E-state index contributed by atoms with van der Waals surface area (Å²) in [6.07, 6.45) is 21.5. The summed E-state index contributed by atoms with van der Waals surface area (Å²) in [4.78, 5) is 58.9. The molecule has 0 amide bonds. The minimum Gasteiger partial charge on any atom is -0.461 e. The number of anilines is 4. The number of rotatable bonds is 15. The fourth-order valence-electron chi connectivity index (χ4n) is 15.2. The van der Waals surface area contributed by atoms with E-state index in [2.05, 4.69) is 113 Å². The number of carbonyl (C=O) groups excluding carboxylic acids is 1. The average molecular weight is 1580 g/mol. The lowest BCUT2D eigenvalue weighted by atomic mass is 10.0. The zero-order valence-corrected chi connectivity index (χ0v) is 64.0. The molecule has 0 atom stereocenters. The number of piperidine rings is 4. The van der Waals surface area contributed by atoms with Gasteiger partial charge in [-0.1, -0.05) is 6.92 Å². The highest BCUT2D eigenvalue weighted by Gasteiger charge is 2.40. The Kier molecular flexibility index (Phi) is 20.9. The molecule has 602 valence electrons. The van der Waals surface area contributed by atoms with E-state index in [1.165, 1.54) is 23.8 Å². The summed E-state index contributed by atoms with van der Waals surface area (Å²) >= 11 is 0. The van der Waals surface area contributed by atoms with Crippen LogP contribution in [0.15, 0.2) is 121 Å². The number of ketones is 1. The molecule has 9 N–H and O–H groups in total. The molecule has 0 unspecified atom stereocenters. The Labute approximate surface area is 658 Å². The van der Waals surface area contributed by atoms with Crippen LogP contribution in [0.3, 0.4) is 0 Å². The Morgan fingerprint density at radius 1 is 0.397 bits per heavy atom. The molecule has 0 radical (unpaired) electrons. The first kappa shape index (κ1) is 74.8. The van der Waals surface area contributed by atoms with Crippen LogP contribution in [-0.2, 0) is 49.9 Å². The van der Waals surface area contributed by atoms with E-state index in [1.807, 2.05) is 37.9 Å². The van der Waals surface area contributed by atoms with Crippen LogP contribution in [0.5, 0.6) is 0 Å². The molecular weight excluding hydrogens is 1500 g/mol. The van der Waals surface area contributed by atoms with E-state index in [0.29, 0.717) is 125 Å². The van der Waals surface area contributed by atoms with Crippen molar-refractivity contribution in [2.24, 2.45) is 4.99 Å². The number of nitrogen functional groups attached to an aromatic ring is 4. The predicted molar refractivity (Wildman–Crippen MR) is 422 cm³/mol. The molecule has 22 heterocycles. The number of nitrogens with zero attached hydrogens (tertiary/aromatic N) is 28. The molecule has 16 aromatic heterocycles. The number of carbonyl (C=O) groups is 1. The van der Waals surface area contributed by atoms with E-state index in [-0.39, 0.29) is 35.4 Å². The predicted octanol–water partition coefficient (Wildman–Crippen LogP) is 5.46. The second-order valence-corrected chi connectivity index (χ2v) is 28.7. The van der Waals surface area contributed by atoms with Gasteiger partial charge in [0.1, 0.15) is 5.78 Å². The van der Waals surface area contributed by atoms with Crippen LogP contribution in [0, 0.1) is 0 Å². The highest BCUT2D eigenvalue weighted by Crippen LogP contribution is 2.34. The van der Waals surface area contributed by atoms with Crippen LogP contribution in [-0.4, -0.2) is 261 Å². The van der Waals surface area contributed by atoms with E-state index in [0.717, 1.165) is 176 Å². The first-order valence-corrected chi connectivity index (χ1v) is 38.9. The molecule has 0 saturated carbocycles. The number of aromatic nitrogens is 24. The van der Waals surface area contributed by atoms with Crippen molar-refractivity contribution in [3.8, 4) is 46.3 Å². The summed E-state index contributed by atoms with van der Waals surface area (Å²) in [6.45, 7) is 18.1. The molecule has 42 nitrogen and oxygen atoms in total. The second-order valence-electron chi connectivity index (χ2n) is 28.7. The molecule has 22 rings (SSSR count). The molecule has 6 aliphatic rings. The van der Waals surface area contributed by atoms with E-state index in [1.54, 1.807) is 86.2 Å². The molecule has 6 aliphatic heterocycles. The lowest BCUT2D eigenvalue weighted by molar-refractivity contribution is -0.185. The van der Waals surface area contributed by atoms with Crippen molar-refractivity contribution in [3.05, 3.63) is 98.4 Å². The van der Waals surface area contributed by atoms with Gasteiger partial charge >= 0.3 is 0 Å². The number of Topliss-reactive ketones (excluding diaryl/α,β-unsaturated/α-hetero) is 1. The van der Waals surface area contributed by atoms with Crippen LogP contribution in [0.2, 0.25) is 0 Å². The Hall–Kier alpha value is -12.6. The van der Waals surface area contributed by atoms with Crippen LogP contribution in [0.4, 0.5) is 23.8 Å². The number of hydrogen-bond acceptors (Lipinski definition) is 34. The van der Waals surface area contributed by atoms with Crippen LogP contribution in [0.1, 0.15) is 64.7 Å². The summed E-state index contributed by atoms with van der Waals surface area (Å²) in [5, 5.41) is 41.9. The molecule has 6 fully saturated rings. The number of aryl methyl sites for hydroxylation is 1. The van der Waals surface area contributed by atoms with E-state index in [9.17, 15) is 4.79 Å². The van der Waals surface area contributed by atoms with Gasteiger partial charge in [0.05, 0.1) is 117 Å². The maximum atomic E-state index is 11.4. The van der Waals surface area contributed by atoms with Crippen molar-refractivity contribution in [2.45, 2.75) is 102 Å². The van der Waals surface area contributed by atoms with Gasteiger partial charge in [-0.25, -0.2) is 38.7 Å². The number of aliphatic imine (C=N–C) groups is 1. The Morgan fingerprint density at radius 3 is 1.02 bits per heavy atom. The molecule has 0 aliphatic carbocycles. The molecule has 0 bridgehead atoms. The van der Waals surface area contributed by atoms with Gasteiger partial charge in [-0.05, 0) is 67.8 Å². The Balaban J connectivity index is 0.000000103. The van der Waals surface area contributed by atoms with Gasteiger partial charge in [0.2, 0.25) is 47.1 Å². The maximum absolute atomic E-state index is 11.4. The monoisotopic (exact) mass is 1580 g/mol. The molecule has 16 aromatic rings.